The monoisotopic (exact) mass is 239 g/mol. The minimum Gasteiger partial charge on any atom is -0.409 e. The van der Waals surface area contributed by atoms with Gasteiger partial charge < -0.3 is 15.8 Å². The fraction of sp³-hybridized carbons (Fsp3) is 0.273. The molecule has 1 aromatic carbocycles. The normalized spacial score (nSPS) is 11.3. The lowest BCUT2D eigenvalue weighted by Gasteiger charge is -2.16. The Bertz CT molecular complexity index is 434. The molecule has 0 saturated carbocycles. The molecule has 0 heterocycles. The molecule has 0 atom stereocenters. The van der Waals surface area contributed by atoms with Crippen LogP contribution in [-0.2, 0) is 0 Å². The number of oxime groups is 1. The Morgan fingerprint density at radius 3 is 2.76 bits per heavy atom. The van der Waals surface area contributed by atoms with Crippen LogP contribution in [-0.4, -0.2) is 35.4 Å². The van der Waals surface area contributed by atoms with Gasteiger partial charge in [0, 0.05) is 20.0 Å². The van der Waals surface area contributed by atoms with Crippen molar-refractivity contribution in [2.24, 2.45) is 10.9 Å². The Morgan fingerprint density at radius 2 is 2.18 bits per heavy atom. The lowest BCUT2D eigenvalue weighted by Crippen LogP contribution is -2.31. The Labute approximate surface area is 98.3 Å². The molecule has 0 aliphatic carbocycles. The smallest absolute Gasteiger partial charge is 0.256 e. The van der Waals surface area contributed by atoms with Crippen LogP contribution < -0.4 is 5.73 Å². The van der Waals surface area contributed by atoms with Crippen LogP contribution in [0.1, 0.15) is 16.8 Å². The molecule has 0 aromatic heterocycles. The van der Waals surface area contributed by atoms with E-state index in [0.29, 0.717) is 0 Å². The second-order valence-electron chi connectivity index (χ2n) is 3.55. The molecule has 1 amide bonds. The first-order valence-electron chi connectivity index (χ1n) is 5.02. The van der Waals surface area contributed by atoms with Gasteiger partial charge in [-0.05, 0) is 12.1 Å². The molecule has 0 aliphatic heterocycles. The van der Waals surface area contributed by atoms with Gasteiger partial charge in [-0.15, -0.1) is 0 Å². The van der Waals surface area contributed by atoms with Crippen molar-refractivity contribution in [3.8, 4) is 0 Å². The molecular weight excluding hydrogens is 225 g/mol. The summed E-state index contributed by atoms with van der Waals surface area (Å²) < 4.78 is 13.3. The Hall–Kier alpha value is -2.11. The lowest BCUT2D eigenvalue weighted by molar-refractivity contribution is 0.0794. The van der Waals surface area contributed by atoms with E-state index < -0.39 is 11.7 Å². The molecule has 0 spiro atoms. The summed E-state index contributed by atoms with van der Waals surface area (Å²) >= 11 is 0. The molecule has 92 valence electrons. The van der Waals surface area contributed by atoms with Crippen LogP contribution in [0.25, 0.3) is 0 Å². The SMILES string of the molecule is CN(CC/C(N)=N/O)C(=O)c1ccccc1F. The van der Waals surface area contributed by atoms with Gasteiger partial charge in [-0.2, -0.15) is 0 Å². The van der Waals surface area contributed by atoms with E-state index in [1.165, 1.54) is 30.1 Å². The number of rotatable bonds is 4. The number of benzene rings is 1. The molecule has 0 aliphatic rings. The van der Waals surface area contributed by atoms with Crippen molar-refractivity contribution >= 4 is 11.7 Å². The van der Waals surface area contributed by atoms with E-state index in [-0.39, 0.29) is 24.4 Å². The summed E-state index contributed by atoms with van der Waals surface area (Å²) in [5.74, 6) is -0.972. The minimum absolute atomic E-state index is 0.00880. The van der Waals surface area contributed by atoms with E-state index in [1.807, 2.05) is 0 Å². The zero-order valence-electron chi connectivity index (χ0n) is 9.43. The average Bonchev–Trinajstić information content (AvgIpc) is 2.35. The Balaban J connectivity index is 2.68. The number of amidine groups is 1. The maximum Gasteiger partial charge on any atom is 0.256 e. The first-order chi connectivity index (χ1) is 8.06. The maximum absolute atomic E-state index is 13.3. The molecule has 0 radical (unpaired) electrons. The summed E-state index contributed by atoms with van der Waals surface area (Å²) in [5.41, 5.74) is 5.29. The van der Waals surface area contributed by atoms with Crippen LogP contribution in [0.5, 0.6) is 0 Å². The van der Waals surface area contributed by atoms with Crippen molar-refractivity contribution < 1.29 is 14.4 Å². The standard InChI is InChI=1S/C11H14FN3O2/c1-15(7-6-10(13)14-17)11(16)8-4-2-3-5-9(8)12/h2-5,17H,6-7H2,1H3,(H2,13,14). The Kier molecular flexibility index (Phi) is 4.45. The Morgan fingerprint density at radius 1 is 1.53 bits per heavy atom. The molecule has 0 bridgehead atoms. The van der Waals surface area contributed by atoms with Gasteiger partial charge in [0.1, 0.15) is 11.7 Å². The third-order valence-electron chi connectivity index (χ3n) is 2.28. The molecular formula is C11H14FN3O2. The van der Waals surface area contributed by atoms with Crippen LogP contribution in [0, 0.1) is 5.82 Å². The third kappa shape index (κ3) is 3.44. The van der Waals surface area contributed by atoms with E-state index in [2.05, 4.69) is 5.16 Å². The van der Waals surface area contributed by atoms with Crippen molar-refractivity contribution in [1.82, 2.24) is 4.90 Å². The van der Waals surface area contributed by atoms with Gasteiger partial charge in [0.25, 0.3) is 5.91 Å². The van der Waals surface area contributed by atoms with E-state index in [1.54, 1.807) is 6.07 Å². The number of amides is 1. The van der Waals surface area contributed by atoms with Crippen molar-refractivity contribution in [1.29, 1.82) is 0 Å². The predicted molar refractivity (Wildman–Crippen MR) is 61.4 cm³/mol. The molecule has 5 nitrogen and oxygen atoms in total. The summed E-state index contributed by atoms with van der Waals surface area (Å²) in [4.78, 5) is 13.1. The fourth-order valence-electron chi connectivity index (χ4n) is 1.27. The number of carbonyl (C=O) groups is 1. The van der Waals surface area contributed by atoms with Crippen LogP contribution >= 0.6 is 0 Å². The second-order valence-corrected chi connectivity index (χ2v) is 3.55. The number of nitrogens with zero attached hydrogens (tertiary/aromatic N) is 2. The number of hydrogen-bond donors (Lipinski definition) is 2. The first-order valence-corrected chi connectivity index (χ1v) is 5.02. The molecule has 6 heteroatoms. The molecule has 0 unspecified atom stereocenters. The van der Waals surface area contributed by atoms with Crippen LogP contribution in [0.15, 0.2) is 29.4 Å². The van der Waals surface area contributed by atoms with Crippen molar-refractivity contribution in [3.63, 3.8) is 0 Å². The quantitative estimate of drug-likeness (QED) is 0.356. The zero-order chi connectivity index (χ0) is 12.8. The van der Waals surface area contributed by atoms with Crippen LogP contribution in [0.4, 0.5) is 4.39 Å². The highest BCUT2D eigenvalue weighted by Crippen LogP contribution is 2.09. The summed E-state index contributed by atoms with van der Waals surface area (Å²) in [6, 6.07) is 5.75. The molecule has 1 aromatic rings. The average molecular weight is 239 g/mol. The van der Waals surface area contributed by atoms with E-state index in [9.17, 15) is 9.18 Å². The molecule has 0 saturated heterocycles. The van der Waals surface area contributed by atoms with E-state index in [4.69, 9.17) is 10.9 Å². The summed E-state index contributed by atoms with van der Waals surface area (Å²) in [6.45, 7) is 0.253. The van der Waals surface area contributed by atoms with Gasteiger partial charge >= 0.3 is 0 Å². The highest BCUT2D eigenvalue weighted by Gasteiger charge is 2.15. The van der Waals surface area contributed by atoms with Crippen molar-refractivity contribution in [2.75, 3.05) is 13.6 Å². The molecule has 17 heavy (non-hydrogen) atoms. The second kappa shape index (κ2) is 5.83. The maximum atomic E-state index is 13.3. The topological polar surface area (TPSA) is 78.9 Å². The van der Waals surface area contributed by atoms with Crippen LogP contribution in [0.2, 0.25) is 0 Å². The van der Waals surface area contributed by atoms with Crippen molar-refractivity contribution in [2.45, 2.75) is 6.42 Å². The third-order valence-corrected chi connectivity index (χ3v) is 2.28. The summed E-state index contributed by atoms with van der Waals surface area (Å²) in [5, 5.41) is 11.1. The van der Waals surface area contributed by atoms with Gasteiger partial charge in [0.05, 0.1) is 5.56 Å². The minimum atomic E-state index is -0.562. The van der Waals surface area contributed by atoms with Crippen molar-refractivity contribution in [3.05, 3.63) is 35.6 Å². The molecule has 3 N–H and O–H groups in total. The number of nitrogens with two attached hydrogens (primary N) is 1. The zero-order valence-corrected chi connectivity index (χ0v) is 9.43. The van der Waals surface area contributed by atoms with Crippen LogP contribution in [0.3, 0.4) is 0 Å². The number of carbonyl (C=O) groups excluding carboxylic acids is 1. The van der Waals surface area contributed by atoms with Gasteiger partial charge in [-0.1, -0.05) is 17.3 Å². The highest BCUT2D eigenvalue weighted by molar-refractivity contribution is 5.94. The first kappa shape index (κ1) is 13.0. The molecule has 1 rings (SSSR count). The van der Waals surface area contributed by atoms with E-state index >= 15 is 0 Å². The van der Waals surface area contributed by atoms with Gasteiger partial charge in [0.15, 0.2) is 0 Å². The van der Waals surface area contributed by atoms with Gasteiger partial charge in [-0.25, -0.2) is 4.39 Å². The summed E-state index contributed by atoms with van der Waals surface area (Å²) in [6.07, 6.45) is 0.229. The lowest BCUT2D eigenvalue weighted by atomic mass is 10.2. The number of halogens is 1. The van der Waals surface area contributed by atoms with Gasteiger partial charge in [0.2, 0.25) is 0 Å². The van der Waals surface area contributed by atoms with Gasteiger partial charge in [-0.3, -0.25) is 4.79 Å². The highest BCUT2D eigenvalue weighted by atomic mass is 19.1. The molecule has 0 fully saturated rings. The van der Waals surface area contributed by atoms with E-state index in [0.717, 1.165) is 0 Å². The predicted octanol–water partition coefficient (Wildman–Crippen LogP) is 1.03. The largest absolute Gasteiger partial charge is 0.409 e. The number of hydrogen-bond acceptors (Lipinski definition) is 3. The fourth-order valence-corrected chi connectivity index (χ4v) is 1.27. The summed E-state index contributed by atoms with van der Waals surface area (Å²) in [7, 11) is 1.53.